The second kappa shape index (κ2) is 9.71. The molecule has 2 N–H and O–H groups in total. The molecule has 0 aliphatic rings. The third kappa shape index (κ3) is 4.78. The minimum absolute atomic E-state index is 0.118. The Labute approximate surface area is 206 Å². The predicted octanol–water partition coefficient (Wildman–Crippen LogP) is 5.71. The number of hydrogen-bond donors (Lipinski definition) is 2. The van der Waals surface area contributed by atoms with Gasteiger partial charge in [-0.15, -0.1) is 0 Å². The average molecular weight is 477 g/mol. The van der Waals surface area contributed by atoms with Gasteiger partial charge in [-0.2, -0.15) is 0 Å². The molecule has 5 rings (SSSR count). The quantitative estimate of drug-likeness (QED) is 0.338. The summed E-state index contributed by atoms with van der Waals surface area (Å²) >= 11 is 0. The smallest absolute Gasteiger partial charge is 0.256 e. The number of carbonyl (C=O) groups excluding carboxylic acids is 2. The molecule has 0 radical (unpaired) electrons. The van der Waals surface area contributed by atoms with Crippen LogP contribution in [0.5, 0.6) is 0 Å². The summed E-state index contributed by atoms with van der Waals surface area (Å²) in [5.41, 5.74) is 5.39. The summed E-state index contributed by atoms with van der Waals surface area (Å²) in [6.45, 7) is 1.46. The zero-order chi connectivity index (χ0) is 25.1. The van der Waals surface area contributed by atoms with E-state index in [2.05, 4.69) is 25.6 Å². The Morgan fingerprint density at radius 3 is 2.44 bits per heavy atom. The van der Waals surface area contributed by atoms with Crippen LogP contribution in [0.2, 0.25) is 0 Å². The summed E-state index contributed by atoms with van der Waals surface area (Å²) in [5, 5.41) is 6.15. The Morgan fingerprint density at radius 1 is 0.833 bits per heavy atom. The van der Waals surface area contributed by atoms with Gasteiger partial charge in [-0.3, -0.25) is 9.59 Å². The molecule has 8 heteroatoms. The minimum Gasteiger partial charge on any atom is -0.326 e. The van der Waals surface area contributed by atoms with E-state index in [1.165, 1.54) is 31.6 Å². The van der Waals surface area contributed by atoms with Crippen LogP contribution in [0.3, 0.4) is 0 Å². The van der Waals surface area contributed by atoms with Crippen LogP contribution >= 0.6 is 0 Å². The molecule has 0 fully saturated rings. The standard InChI is InChI=1S/C28H20FN5O2/c1-17(35)33-23-5-2-4-20(13-23)24-14-21(12-22-15-30-16-32-26(22)24)18-7-9-19(10-8-18)28(36)34-27-25(29)6-3-11-31-27/h2-16H,1H3,(H,33,35)(H,31,34,36). The van der Waals surface area contributed by atoms with Crippen molar-refractivity contribution >= 4 is 34.2 Å². The van der Waals surface area contributed by atoms with Gasteiger partial charge in [0.15, 0.2) is 11.6 Å². The fourth-order valence-electron chi connectivity index (χ4n) is 3.93. The van der Waals surface area contributed by atoms with E-state index in [1.807, 2.05) is 48.5 Å². The lowest BCUT2D eigenvalue weighted by Gasteiger charge is -2.12. The van der Waals surface area contributed by atoms with Gasteiger partial charge < -0.3 is 10.6 Å². The zero-order valence-electron chi connectivity index (χ0n) is 19.2. The molecule has 0 aliphatic heterocycles. The van der Waals surface area contributed by atoms with Crippen molar-refractivity contribution in [2.24, 2.45) is 0 Å². The van der Waals surface area contributed by atoms with Gasteiger partial charge in [-0.1, -0.05) is 24.3 Å². The van der Waals surface area contributed by atoms with Gasteiger partial charge in [0.2, 0.25) is 5.91 Å². The molecule has 176 valence electrons. The van der Waals surface area contributed by atoms with E-state index >= 15 is 0 Å². The van der Waals surface area contributed by atoms with Gasteiger partial charge in [0.1, 0.15) is 6.33 Å². The number of amides is 2. The molecule has 0 unspecified atom stereocenters. The van der Waals surface area contributed by atoms with E-state index in [0.717, 1.165) is 33.2 Å². The van der Waals surface area contributed by atoms with Crippen molar-refractivity contribution in [3.8, 4) is 22.3 Å². The second-order valence-electron chi connectivity index (χ2n) is 8.11. The first kappa shape index (κ1) is 22.8. The number of carbonyl (C=O) groups is 2. The van der Waals surface area contributed by atoms with Crippen LogP contribution in [0.25, 0.3) is 33.2 Å². The van der Waals surface area contributed by atoms with Crippen molar-refractivity contribution in [3.63, 3.8) is 0 Å². The molecular weight excluding hydrogens is 457 g/mol. The molecule has 3 aromatic carbocycles. The summed E-state index contributed by atoms with van der Waals surface area (Å²) in [5.74, 6) is -1.33. The highest BCUT2D eigenvalue weighted by Gasteiger charge is 2.13. The second-order valence-corrected chi connectivity index (χ2v) is 8.11. The molecule has 7 nitrogen and oxygen atoms in total. The lowest BCUT2D eigenvalue weighted by Crippen LogP contribution is -2.13. The number of nitrogens with one attached hydrogen (secondary N) is 2. The highest BCUT2D eigenvalue weighted by molar-refractivity contribution is 6.04. The Bertz CT molecular complexity index is 1600. The summed E-state index contributed by atoms with van der Waals surface area (Å²) in [7, 11) is 0. The van der Waals surface area contributed by atoms with Crippen molar-refractivity contribution < 1.29 is 14.0 Å². The number of fused-ring (bicyclic) bond motifs is 1. The third-order valence-electron chi connectivity index (χ3n) is 5.57. The first-order chi connectivity index (χ1) is 17.5. The normalized spacial score (nSPS) is 10.7. The Kier molecular flexibility index (Phi) is 6.15. The maximum Gasteiger partial charge on any atom is 0.256 e. The number of halogens is 1. The minimum atomic E-state index is -0.601. The van der Waals surface area contributed by atoms with Gasteiger partial charge in [0.05, 0.1) is 5.52 Å². The lowest BCUT2D eigenvalue weighted by molar-refractivity contribution is -0.114. The van der Waals surface area contributed by atoms with E-state index in [1.54, 1.807) is 18.3 Å². The summed E-state index contributed by atoms with van der Waals surface area (Å²) in [6.07, 6.45) is 4.66. The van der Waals surface area contributed by atoms with Crippen molar-refractivity contribution in [1.29, 1.82) is 0 Å². The molecular formula is C28H20FN5O2. The molecule has 0 bridgehead atoms. The summed E-state index contributed by atoms with van der Waals surface area (Å²) in [4.78, 5) is 36.6. The third-order valence-corrected chi connectivity index (χ3v) is 5.57. The molecule has 5 aromatic rings. The maximum atomic E-state index is 13.8. The van der Waals surface area contributed by atoms with Crippen LogP contribution in [0.1, 0.15) is 17.3 Å². The fourth-order valence-corrected chi connectivity index (χ4v) is 3.93. The van der Waals surface area contributed by atoms with Crippen molar-refractivity contribution in [2.75, 3.05) is 10.6 Å². The number of aromatic nitrogens is 3. The van der Waals surface area contributed by atoms with Crippen molar-refractivity contribution in [1.82, 2.24) is 15.0 Å². The van der Waals surface area contributed by atoms with Gasteiger partial charge >= 0.3 is 0 Å². The molecule has 2 heterocycles. The van der Waals surface area contributed by atoms with E-state index in [0.29, 0.717) is 11.3 Å². The Balaban J connectivity index is 1.50. The largest absolute Gasteiger partial charge is 0.326 e. The number of nitrogens with zero attached hydrogens (tertiary/aromatic N) is 3. The van der Waals surface area contributed by atoms with E-state index in [4.69, 9.17) is 0 Å². The number of hydrogen-bond acceptors (Lipinski definition) is 5. The number of anilines is 2. The molecule has 36 heavy (non-hydrogen) atoms. The molecule has 0 aliphatic carbocycles. The predicted molar refractivity (Wildman–Crippen MR) is 137 cm³/mol. The van der Waals surface area contributed by atoms with Crippen LogP contribution in [0.4, 0.5) is 15.9 Å². The van der Waals surface area contributed by atoms with Crippen molar-refractivity contribution in [3.05, 3.63) is 103 Å². The van der Waals surface area contributed by atoms with Crippen molar-refractivity contribution in [2.45, 2.75) is 6.92 Å². The SMILES string of the molecule is CC(=O)Nc1cccc(-c2cc(-c3ccc(C(=O)Nc4ncccc4F)cc3)cc3cncnc23)c1. The van der Waals surface area contributed by atoms with Gasteiger partial charge in [0.25, 0.3) is 5.91 Å². The molecule has 0 spiro atoms. The highest BCUT2D eigenvalue weighted by Crippen LogP contribution is 2.34. The first-order valence-corrected chi connectivity index (χ1v) is 11.1. The van der Waals surface area contributed by atoms with Crippen LogP contribution in [-0.2, 0) is 4.79 Å². The molecule has 0 saturated carbocycles. The average Bonchev–Trinajstić information content (AvgIpc) is 2.89. The highest BCUT2D eigenvalue weighted by atomic mass is 19.1. The zero-order valence-corrected chi connectivity index (χ0v) is 19.2. The van der Waals surface area contributed by atoms with Crippen LogP contribution in [0.15, 0.2) is 91.5 Å². The first-order valence-electron chi connectivity index (χ1n) is 11.1. The van der Waals surface area contributed by atoms with Crippen LogP contribution < -0.4 is 10.6 Å². The molecule has 0 saturated heterocycles. The molecule has 0 atom stereocenters. The summed E-state index contributed by atoms with van der Waals surface area (Å²) < 4.78 is 13.8. The van der Waals surface area contributed by atoms with E-state index in [9.17, 15) is 14.0 Å². The maximum absolute atomic E-state index is 13.8. The fraction of sp³-hybridized carbons (Fsp3) is 0.0357. The molecule has 2 amide bonds. The number of rotatable bonds is 5. The lowest BCUT2D eigenvalue weighted by atomic mass is 9.95. The number of pyridine rings is 1. The Hall–Kier alpha value is -4.98. The molecule has 2 aromatic heterocycles. The van der Waals surface area contributed by atoms with Gasteiger partial charge in [-0.05, 0) is 65.2 Å². The Morgan fingerprint density at radius 2 is 1.67 bits per heavy atom. The van der Waals surface area contributed by atoms with E-state index < -0.39 is 11.7 Å². The summed E-state index contributed by atoms with van der Waals surface area (Å²) in [6, 6.07) is 21.2. The topological polar surface area (TPSA) is 96.9 Å². The van der Waals surface area contributed by atoms with Gasteiger partial charge in [0, 0.05) is 41.5 Å². The van der Waals surface area contributed by atoms with E-state index in [-0.39, 0.29) is 11.7 Å². The monoisotopic (exact) mass is 477 g/mol. The number of benzene rings is 3. The van der Waals surface area contributed by atoms with Crippen LogP contribution in [0, 0.1) is 5.82 Å². The van der Waals surface area contributed by atoms with Gasteiger partial charge in [-0.25, -0.2) is 19.3 Å². The van der Waals surface area contributed by atoms with Crippen LogP contribution in [-0.4, -0.2) is 26.8 Å².